The number of amides is 1. The van der Waals surface area contributed by atoms with E-state index in [1.54, 1.807) is 102 Å². The number of aliphatic hydroxyl groups is 2. The molecule has 0 unspecified atom stereocenters. The average molecular weight is 1720 g/mol. The molecule has 1 aliphatic heterocycles. The molecule has 6 aromatic heterocycles. The number of pyridine rings is 6. The van der Waals surface area contributed by atoms with Crippen molar-refractivity contribution in [2.45, 2.75) is 64.1 Å². The fraction of sp³-hybridized carbons (Fsp3) is 0.188. The second kappa shape index (κ2) is 44.4. The molecule has 27 nitrogen and oxygen atoms in total. The summed E-state index contributed by atoms with van der Waals surface area (Å²) in [6, 6.07) is 55.0. The number of benzene rings is 5. The first kappa shape index (κ1) is 92.5. The van der Waals surface area contributed by atoms with Crippen LogP contribution >= 0.6 is 69.6 Å². The van der Waals surface area contributed by atoms with Gasteiger partial charge in [0.2, 0.25) is 17.4 Å². The molecule has 0 saturated heterocycles. The van der Waals surface area contributed by atoms with Gasteiger partial charge in [0.25, 0.3) is 0 Å². The average Bonchev–Trinajstić information content (AvgIpc) is 1.49. The maximum atomic E-state index is 13.5. The topological polar surface area (TPSA) is 393 Å². The van der Waals surface area contributed by atoms with Gasteiger partial charge in [-0.1, -0.05) is 191 Å². The SMILES string of the molecule is CC(=O)c1ncc(Cl)cc1O.CC(=O)c1ncc(Cl)cc1OCc1ccccc1.CCOC(C)=O.COc1ccc(/C=C/C(=O)c2ncc(Cl)cc2O)cc1.COc1ccc([C@@]23Oc4cc(Cl)cnc4[C@]2(O)[C@H](O)[C@H](C(=O)N(C)C)[C@H]3c2ccccc2)cc1.N#Cc1ncc(Cl)cc1OCc1ccccc1.N#Cc1ncc(Cl)cc1[N+](=O)[O-]. The van der Waals surface area contributed by atoms with E-state index in [-0.39, 0.29) is 84.9 Å². The predicted octanol–water partition coefficient (Wildman–Crippen LogP) is 16.9. The first-order chi connectivity index (χ1) is 56.3. The molecule has 7 heterocycles. The van der Waals surface area contributed by atoms with Crippen molar-refractivity contribution in [3.63, 3.8) is 0 Å². The number of rotatable bonds is 18. The number of fused-ring (bicyclic) bond motifs is 3. The Morgan fingerprint density at radius 2 is 1.03 bits per heavy atom. The first-order valence-corrected chi connectivity index (χ1v) is 37.2. The molecule has 2 aliphatic rings. The monoisotopic (exact) mass is 1720 g/mol. The number of ketones is 3. The number of carbonyl (C=O) groups is 5. The molecule has 4 N–H and O–H groups in total. The van der Waals surface area contributed by atoms with E-state index in [9.17, 15) is 49.4 Å². The molecule has 1 saturated carbocycles. The number of methoxy groups -OCH3 is 2. The van der Waals surface area contributed by atoms with Gasteiger partial charge in [-0.3, -0.25) is 39.1 Å². The van der Waals surface area contributed by atoms with Crippen molar-refractivity contribution in [3.05, 3.63) is 321 Å². The molecule has 118 heavy (non-hydrogen) atoms. The minimum atomic E-state index is -2.03. The molecule has 5 atom stereocenters. The second-order valence-electron chi connectivity index (χ2n) is 25.0. The van der Waals surface area contributed by atoms with Crippen LogP contribution in [0, 0.1) is 38.7 Å². The van der Waals surface area contributed by atoms with E-state index in [1.807, 2.05) is 109 Å². The molecule has 5 aromatic carbocycles. The van der Waals surface area contributed by atoms with Crippen LogP contribution in [-0.4, -0.2) is 130 Å². The van der Waals surface area contributed by atoms with E-state index in [4.69, 9.17) is 109 Å². The molecule has 0 bridgehead atoms. The Kier molecular flexibility index (Phi) is 34.8. The standard InChI is InChI=1S/C26H25ClN2O5.C15H12ClNO3.C14H12ClNO2.C13H9ClN2O.C7H6ClNO2.C6H2ClN3O2.C4H8O2/c1-29(2)24(31)20-21(15-7-5-4-6-8-15)26(16-9-11-18(33-3)12-10-16)25(32,23(20)30)22-19(34-26)13-17(27)14-28-22;1-20-12-5-2-10(3-6-12)4-7-13(18)15-14(19)8-11(16)9-17-15;1-10(17)14-13(7-12(15)8-16-14)18-9-11-5-3-2-4-6-11;14-11-6-13(12(7-15)16-8-11)17-9-10-4-2-1-3-5-10;1-4(10)7-6(11)2-5(8)3-9-7;7-4-1-6(10(11)12)5(2-8)9-3-4;1-3-6-4(2)5/h4-14,20-21,23,30,32H,1-3H3;2-9,19H,1H3;2-8H,9H2,1H3;1-6,8H,9H2;2-3,11H,1H3;1,3H;3H2,1-2H3/b;7-4+;;;;;/t20-,21-,23-,25+,26+;;;;;;/m1....../s1. The molecule has 0 radical (unpaired) electrons. The summed E-state index contributed by atoms with van der Waals surface area (Å²) in [5.41, 5.74) is 0.725. The fourth-order valence-electron chi connectivity index (χ4n) is 11.6. The van der Waals surface area contributed by atoms with E-state index in [0.717, 1.165) is 34.1 Å². The highest BCUT2D eigenvalue weighted by Crippen LogP contribution is 2.68. The Labute approximate surface area is 707 Å². The number of esters is 1. The Balaban J connectivity index is 0.000000201. The van der Waals surface area contributed by atoms with Crippen LogP contribution in [0.4, 0.5) is 5.69 Å². The number of ether oxygens (including phenoxy) is 6. The smallest absolute Gasteiger partial charge is 0.307 e. The summed E-state index contributed by atoms with van der Waals surface area (Å²) in [6.07, 6.45) is 9.56. The normalized spacial score (nSPS) is 15.4. The lowest BCUT2D eigenvalue weighted by atomic mass is 9.71. The van der Waals surface area contributed by atoms with Crippen molar-refractivity contribution >= 4 is 111 Å². The van der Waals surface area contributed by atoms with Gasteiger partial charge in [0, 0.05) is 114 Å². The molecular formula is C85H74Cl6N10O17. The molecule has 13 rings (SSSR count). The number of aromatic nitrogens is 6. The van der Waals surface area contributed by atoms with Crippen LogP contribution in [0.3, 0.4) is 0 Å². The Bertz CT molecular complexity index is 5450. The van der Waals surface area contributed by atoms with Gasteiger partial charge in [0.15, 0.2) is 45.7 Å². The summed E-state index contributed by atoms with van der Waals surface area (Å²) in [5.74, 6) is -1.06. The van der Waals surface area contributed by atoms with Crippen molar-refractivity contribution in [2.24, 2.45) is 5.92 Å². The summed E-state index contributed by atoms with van der Waals surface area (Å²) < 4.78 is 32.5. The third kappa shape index (κ3) is 24.7. The lowest BCUT2D eigenvalue weighted by molar-refractivity contribution is -0.385. The Morgan fingerprint density at radius 3 is 1.49 bits per heavy atom. The van der Waals surface area contributed by atoms with Gasteiger partial charge in [-0.2, -0.15) is 10.5 Å². The van der Waals surface area contributed by atoms with Gasteiger partial charge in [-0.25, -0.2) is 24.9 Å². The lowest BCUT2D eigenvalue weighted by Gasteiger charge is -2.40. The maximum absolute atomic E-state index is 13.5. The highest BCUT2D eigenvalue weighted by Gasteiger charge is 2.78. The minimum absolute atomic E-state index is 0.0286. The van der Waals surface area contributed by atoms with Crippen LogP contribution < -0.4 is 23.7 Å². The first-order valence-electron chi connectivity index (χ1n) is 35.0. The number of nitriles is 2. The predicted molar refractivity (Wildman–Crippen MR) is 442 cm³/mol. The number of aliphatic hydroxyl groups excluding tert-OH is 1. The van der Waals surface area contributed by atoms with Crippen molar-refractivity contribution < 1.29 is 77.7 Å². The molecular weight excluding hydrogens is 1650 g/mol. The highest BCUT2D eigenvalue weighted by atomic mass is 35.5. The molecule has 608 valence electrons. The zero-order valence-corrected chi connectivity index (χ0v) is 68.6. The van der Waals surface area contributed by atoms with Gasteiger partial charge in [0.1, 0.15) is 77.3 Å². The number of aromatic hydroxyl groups is 2. The van der Waals surface area contributed by atoms with E-state index in [0.29, 0.717) is 68.4 Å². The molecule has 1 fully saturated rings. The number of halogens is 6. The van der Waals surface area contributed by atoms with Gasteiger partial charge in [-0.05, 0) is 65.1 Å². The van der Waals surface area contributed by atoms with Crippen LogP contribution in [0.2, 0.25) is 30.1 Å². The summed E-state index contributed by atoms with van der Waals surface area (Å²) >= 11 is 34.4. The quantitative estimate of drug-likeness (QED) is 0.0204. The molecule has 11 aromatic rings. The largest absolute Gasteiger partial charge is 0.505 e. The van der Waals surface area contributed by atoms with Crippen LogP contribution in [0.15, 0.2) is 219 Å². The molecule has 33 heteroatoms. The van der Waals surface area contributed by atoms with Crippen LogP contribution in [0.25, 0.3) is 6.08 Å². The zero-order chi connectivity index (χ0) is 86.4. The maximum Gasteiger partial charge on any atom is 0.307 e. The van der Waals surface area contributed by atoms with E-state index >= 15 is 0 Å². The third-order valence-corrected chi connectivity index (χ3v) is 18.0. The number of carbonyl (C=O) groups excluding carboxylic acids is 5. The fourth-order valence-corrected chi connectivity index (χ4v) is 12.5. The number of nitro groups is 1. The van der Waals surface area contributed by atoms with Crippen LogP contribution in [0.5, 0.6) is 40.2 Å². The van der Waals surface area contributed by atoms with E-state index in [2.05, 4.69) is 34.6 Å². The van der Waals surface area contributed by atoms with Gasteiger partial charge < -0.3 is 53.7 Å². The number of Topliss-reactive ketones (excluding diaryl/α,β-unsaturated/α-hetero) is 2. The van der Waals surface area contributed by atoms with E-state index < -0.39 is 39.8 Å². The van der Waals surface area contributed by atoms with E-state index in [1.165, 1.54) is 81.1 Å². The number of hydrogen-bond acceptors (Lipinski definition) is 25. The molecule has 1 aliphatic carbocycles. The zero-order valence-electron chi connectivity index (χ0n) is 64.1. The summed E-state index contributed by atoms with van der Waals surface area (Å²) in [5, 5.41) is 72.4. The Morgan fingerprint density at radius 1 is 0.585 bits per heavy atom. The van der Waals surface area contributed by atoms with Crippen molar-refractivity contribution in [1.82, 2.24) is 34.8 Å². The highest BCUT2D eigenvalue weighted by molar-refractivity contribution is 6.32. The number of allylic oxidation sites excluding steroid dienone is 1. The second-order valence-corrected chi connectivity index (χ2v) is 27.6. The number of hydrogen-bond donors (Lipinski definition) is 4. The molecule has 0 spiro atoms. The van der Waals surface area contributed by atoms with Gasteiger partial charge in [-0.15, -0.1) is 0 Å². The van der Waals surface area contributed by atoms with Crippen molar-refractivity contribution in [1.29, 1.82) is 10.5 Å². The minimum Gasteiger partial charge on any atom is -0.505 e. The van der Waals surface area contributed by atoms with Crippen molar-refractivity contribution in [2.75, 3.05) is 34.9 Å². The Hall–Kier alpha value is -12.7. The third-order valence-electron chi connectivity index (χ3n) is 16.8. The van der Waals surface area contributed by atoms with Crippen molar-refractivity contribution in [3.8, 4) is 52.4 Å². The lowest BCUT2D eigenvalue weighted by Crippen LogP contribution is -2.52. The summed E-state index contributed by atoms with van der Waals surface area (Å²) in [4.78, 5) is 91.5. The van der Waals surface area contributed by atoms with Gasteiger partial charge in [0.05, 0.1) is 61.8 Å². The number of nitrogens with zero attached hydrogens (tertiary/aromatic N) is 10. The van der Waals surface area contributed by atoms with Gasteiger partial charge >= 0.3 is 11.7 Å². The molecule has 1 amide bonds. The van der Waals surface area contributed by atoms with Crippen LogP contribution in [-0.2, 0) is 38.7 Å². The summed E-state index contributed by atoms with van der Waals surface area (Å²) in [7, 11) is 6.41. The van der Waals surface area contributed by atoms with Crippen LogP contribution in [0.1, 0.15) is 110 Å². The summed E-state index contributed by atoms with van der Waals surface area (Å²) in [6.45, 7) is 7.20.